The van der Waals surface area contributed by atoms with E-state index in [1.54, 1.807) is 11.8 Å². The fourth-order valence-corrected chi connectivity index (χ4v) is 4.53. The molecule has 1 aliphatic rings. The first-order valence-corrected chi connectivity index (χ1v) is 11.1. The van der Waals surface area contributed by atoms with E-state index >= 15 is 0 Å². The van der Waals surface area contributed by atoms with Gasteiger partial charge in [0.1, 0.15) is 5.82 Å². The monoisotopic (exact) mass is 406 g/mol. The van der Waals surface area contributed by atoms with Gasteiger partial charge in [0.15, 0.2) is 5.82 Å². The second-order valence-corrected chi connectivity index (χ2v) is 8.60. The first-order chi connectivity index (χ1) is 14.1. The summed E-state index contributed by atoms with van der Waals surface area (Å²) in [4.78, 5) is 13.5. The van der Waals surface area contributed by atoms with Gasteiger partial charge < -0.3 is 9.88 Å². The van der Waals surface area contributed by atoms with Gasteiger partial charge in [0.25, 0.3) is 0 Å². The lowest BCUT2D eigenvalue weighted by Gasteiger charge is -2.09. The lowest BCUT2D eigenvalue weighted by Crippen LogP contribution is -2.14. The Hall–Kier alpha value is -2.60. The van der Waals surface area contributed by atoms with Crippen molar-refractivity contribution in [3.05, 3.63) is 59.4 Å². The molecule has 0 atom stereocenters. The van der Waals surface area contributed by atoms with Gasteiger partial charge in [-0.3, -0.25) is 4.79 Å². The summed E-state index contributed by atoms with van der Waals surface area (Å²) < 4.78 is 2.24. The number of hydrogen-bond donors (Lipinski definition) is 1. The molecular formula is C23H26N4OS. The maximum Gasteiger partial charge on any atom is 0.234 e. The van der Waals surface area contributed by atoms with E-state index in [0.29, 0.717) is 5.75 Å². The largest absolute Gasteiger partial charge is 0.325 e. The summed E-state index contributed by atoms with van der Waals surface area (Å²) in [5.74, 6) is 2.40. The Morgan fingerprint density at radius 3 is 2.72 bits per heavy atom. The predicted molar refractivity (Wildman–Crippen MR) is 118 cm³/mol. The van der Waals surface area contributed by atoms with Crippen molar-refractivity contribution in [1.82, 2.24) is 14.8 Å². The summed E-state index contributed by atoms with van der Waals surface area (Å²) in [5, 5.41) is 11.8. The van der Waals surface area contributed by atoms with Gasteiger partial charge in [0.2, 0.25) is 5.91 Å². The number of fused-ring (bicyclic) bond motifs is 1. The Morgan fingerprint density at radius 2 is 1.90 bits per heavy atom. The molecular weight excluding hydrogens is 380 g/mol. The van der Waals surface area contributed by atoms with Crippen molar-refractivity contribution in [2.24, 2.45) is 0 Å². The van der Waals surface area contributed by atoms with Crippen LogP contribution in [0.2, 0.25) is 0 Å². The molecule has 2 aromatic carbocycles. The molecule has 1 N–H and O–H groups in total. The molecule has 1 amide bonds. The molecule has 0 fully saturated rings. The van der Waals surface area contributed by atoms with Gasteiger partial charge in [-0.05, 0) is 62.6 Å². The number of aryl methyl sites for hydroxylation is 3. The second-order valence-electron chi connectivity index (χ2n) is 7.59. The predicted octanol–water partition coefficient (Wildman–Crippen LogP) is 5.02. The smallest absolute Gasteiger partial charge is 0.234 e. The summed E-state index contributed by atoms with van der Waals surface area (Å²) >= 11 is 1.57. The highest BCUT2D eigenvalue weighted by molar-refractivity contribution is 8.00. The number of rotatable bonds is 5. The van der Waals surface area contributed by atoms with Gasteiger partial charge in [-0.15, -0.1) is 22.0 Å². The number of thioether (sulfide) groups is 1. The van der Waals surface area contributed by atoms with Crippen molar-refractivity contribution >= 4 is 23.4 Å². The fourth-order valence-electron chi connectivity index (χ4n) is 3.60. The van der Waals surface area contributed by atoms with E-state index in [2.05, 4.69) is 52.1 Å². The molecule has 5 nitrogen and oxygen atoms in total. The van der Waals surface area contributed by atoms with E-state index < -0.39 is 0 Å². The molecule has 0 radical (unpaired) electrons. The highest BCUT2D eigenvalue weighted by Crippen LogP contribution is 2.25. The van der Waals surface area contributed by atoms with Crippen LogP contribution in [-0.2, 0) is 17.8 Å². The van der Waals surface area contributed by atoms with Gasteiger partial charge in [-0.25, -0.2) is 0 Å². The number of anilines is 1. The van der Waals surface area contributed by atoms with Crippen LogP contribution in [0.25, 0.3) is 11.4 Å². The van der Waals surface area contributed by atoms with Crippen molar-refractivity contribution in [3.63, 3.8) is 0 Å². The quantitative estimate of drug-likeness (QED) is 0.605. The molecule has 0 aliphatic carbocycles. The minimum Gasteiger partial charge on any atom is -0.325 e. The third-order valence-electron chi connectivity index (χ3n) is 5.24. The Labute approximate surface area is 175 Å². The molecule has 0 saturated heterocycles. The van der Waals surface area contributed by atoms with Crippen LogP contribution in [0.4, 0.5) is 5.69 Å². The SMILES string of the molecule is Cc1ccc(C)c(SCC(=O)Nc2ccc(-c3nnc4n3CCCCC4)cc2)c1. The van der Waals surface area contributed by atoms with Crippen molar-refractivity contribution in [3.8, 4) is 11.4 Å². The zero-order chi connectivity index (χ0) is 20.2. The number of benzene rings is 2. The Kier molecular flexibility index (Phi) is 6.00. The van der Waals surface area contributed by atoms with E-state index in [1.807, 2.05) is 24.3 Å². The van der Waals surface area contributed by atoms with Crippen LogP contribution in [-0.4, -0.2) is 26.4 Å². The highest BCUT2D eigenvalue weighted by atomic mass is 32.2. The Morgan fingerprint density at radius 1 is 1.07 bits per heavy atom. The van der Waals surface area contributed by atoms with Gasteiger partial charge in [-0.2, -0.15) is 0 Å². The molecule has 4 rings (SSSR count). The number of amides is 1. The fraction of sp³-hybridized carbons (Fsp3) is 0.348. The average Bonchev–Trinajstić information content (AvgIpc) is 2.97. The molecule has 150 valence electrons. The normalized spacial score (nSPS) is 13.6. The summed E-state index contributed by atoms with van der Waals surface area (Å²) in [5.41, 5.74) is 4.25. The average molecular weight is 407 g/mol. The van der Waals surface area contributed by atoms with Gasteiger partial charge in [0, 0.05) is 29.1 Å². The van der Waals surface area contributed by atoms with Crippen LogP contribution in [0.15, 0.2) is 47.4 Å². The summed E-state index contributed by atoms with van der Waals surface area (Å²) in [6.07, 6.45) is 4.60. The van der Waals surface area contributed by atoms with Crippen molar-refractivity contribution in [2.75, 3.05) is 11.1 Å². The van der Waals surface area contributed by atoms with E-state index in [9.17, 15) is 4.79 Å². The van der Waals surface area contributed by atoms with E-state index in [1.165, 1.54) is 30.4 Å². The van der Waals surface area contributed by atoms with Gasteiger partial charge in [0.05, 0.1) is 5.75 Å². The number of hydrogen-bond acceptors (Lipinski definition) is 4. The van der Waals surface area contributed by atoms with E-state index in [0.717, 1.165) is 40.8 Å². The standard InChI is InChI=1S/C23H26N4OS/c1-16-7-8-17(2)20(14-16)29-15-22(28)24-19-11-9-18(10-12-19)23-26-25-21-6-4-3-5-13-27(21)23/h7-12,14H,3-6,13,15H2,1-2H3,(H,24,28). The van der Waals surface area contributed by atoms with Crippen molar-refractivity contribution < 1.29 is 4.79 Å². The lowest BCUT2D eigenvalue weighted by molar-refractivity contribution is -0.113. The minimum atomic E-state index is 0.000000716. The van der Waals surface area contributed by atoms with Crippen LogP contribution in [0, 0.1) is 13.8 Å². The maximum atomic E-state index is 12.4. The summed E-state index contributed by atoms with van der Waals surface area (Å²) in [6, 6.07) is 14.2. The van der Waals surface area contributed by atoms with Crippen LogP contribution < -0.4 is 5.32 Å². The number of carbonyl (C=O) groups excluding carboxylic acids is 1. The molecule has 29 heavy (non-hydrogen) atoms. The van der Waals surface area contributed by atoms with Crippen LogP contribution in [0.1, 0.15) is 36.2 Å². The first-order valence-electron chi connectivity index (χ1n) is 10.1. The third-order valence-corrected chi connectivity index (χ3v) is 6.40. The van der Waals surface area contributed by atoms with Crippen molar-refractivity contribution in [1.29, 1.82) is 0 Å². The van der Waals surface area contributed by atoms with Gasteiger partial charge >= 0.3 is 0 Å². The van der Waals surface area contributed by atoms with E-state index in [-0.39, 0.29) is 5.91 Å². The first kappa shape index (κ1) is 19.7. The number of nitrogens with one attached hydrogen (secondary N) is 1. The van der Waals surface area contributed by atoms with Crippen molar-refractivity contribution in [2.45, 2.75) is 51.0 Å². The summed E-state index contributed by atoms with van der Waals surface area (Å²) in [6.45, 7) is 5.12. The molecule has 2 heterocycles. The molecule has 0 spiro atoms. The molecule has 3 aromatic rings. The van der Waals surface area contributed by atoms with Crippen LogP contribution >= 0.6 is 11.8 Å². The zero-order valence-corrected chi connectivity index (χ0v) is 17.8. The second kappa shape index (κ2) is 8.82. The van der Waals surface area contributed by atoms with Crippen LogP contribution in [0.3, 0.4) is 0 Å². The summed E-state index contributed by atoms with van der Waals surface area (Å²) in [7, 11) is 0. The molecule has 1 aromatic heterocycles. The highest BCUT2D eigenvalue weighted by Gasteiger charge is 2.16. The lowest BCUT2D eigenvalue weighted by atomic mass is 10.2. The molecule has 0 bridgehead atoms. The Balaban J connectivity index is 1.39. The topological polar surface area (TPSA) is 59.8 Å². The Bertz CT molecular complexity index is 1010. The molecule has 6 heteroatoms. The minimum absolute atomic E-state index is 0.000000716. The molecule has 0 unspecified atom stereocenters. The van der Waals surface area contributed by atoms with Crippen LogP contribution in [0.5, 0.6) is 0 Å². The molecule has 0 saturated carbocycles. The van der Waals surface area contributed by atoms with E-state index in [4.69, 9.17) is 0 Å². The molecule has 1 aliphatic heterocycles. The zero-order valence-electron chi connectivity index (χ0n) is 16.9. The number of carbonyl (C=O) groups is 1. The third kappa shape index (κ3) is 4.70. The number of nitrogens with zero attached hydrogens (tertiary/aromatic N) is 3. The van der Waals surface area contributed by atoms with Gasteiger partial charge in [-0.1, -0.05) is 24.1 Å². The number of aromatic nitrogens is 3. The maximum absolute atomic E-state index is 12.4.